The summed E-state index contributed by atoms with van der Waals surface area (Å²) in [5, 5.41) is 7.28. The zero-order chi connectivity index (χ0) is 16.2. The maximum Gasteiger partial charge on any atom is 0.257 e. The van der Waals surface area contributed by atoms with E-state index in [1.165, 1.54) is 0 Å². The van der Waals surface area contributed by atoms with Gasteiger partial charge in [-0.15, -0.1) is 0 Å². The topological polar surface area (TPSA) is 59.0 Å². The smallest absolute Gasteiger partial charge is 0.257 e. The molecule has 0 bridgehead atoms. The normalized spacial score (nSPS) is 14.3. The van der Waals surface area contributed by atoms with Crippen molar-refractivity contribution in [3.05, 3.63) is 64.7 Å². The van der Waals surface area contributed by atoms with Gasteiger partial charge in [0.15, 0.2) is 0 Å². The molecule has 1 heterocycles. The van der Waals surface area contributed by atoms with E-state index < -0.39 is 11.0 Å². The van der Waals surface area contributed by atoms with E-state index in [9.17, 15) is 8.42 Å². The van der Waals surface area contributed by atoms with E-state index in [1.807, 2.05) is 53.5 Å². The van der Waals surface area contributed by atoms with Crippen molar-refractivity contribution in [1.82, 2.24) is 0 Å². The molecule has 2 aromatic rings. The Balaban J connectivity index is 1.71. The van der Waals surface area contributed by atoms with Crippen LogP contribution in [0.4, 0.5) is 5.69 Å². The van der Waals surface area contributed by atoms with Crippen LogP contribution in [0.2, 0.25) is 5.02 Å². The first-order valence-electron chi connectivity index (χ1n) is 7.09. The Morgan fingerprint density at radius 3 is 2.43 bits per heavy atom. The van der Waals surface area contributed by atoms with Crippen LogP contribution in [-0.4, -0.2) is 20.7 Å². The number of hydrogen-bond acceptors (Lipinski definition) is 5. The van der Waals surface area contributed by atoms with Gasteiger partial charge in [-0.05, 0) is 35.4 Å². The fourth-order valence-electron chi connectivity index (χ4n) is 2.38. The molecule has 0 atom stereocenters. The fraction of sp³-hybridized carbons (Fsp3) is 0.188. The first kappa shape index (κ1) is 16.0. The third-order valence-electron chi connectivity index (χ3n) is 3.55. The lowest BCUT2D eigenvalue weighted by molar-refractivity contribution is 0.323. The molecule has 7 heteroatoms. The molecule has 1 aliphatic heterocycles. The summed E-state index contributed by atoms with van der Waals surface area (Å²) < 4.78 is 25.4. The number of hydrazone groups is 1. The summed E-state index contributed by atoms with van der Waals surface area (Å²) in [6.45, 7) is 0.860. The van der Waals surface area contributed by atoms with E-state index in [4.69, 9.17) is 11.6 Å². The van der Waals surface area contributed by atoms with Gasteiger partial charge >= 0.3 is 0 Å². The van der Waals surface area contributed by atoms with Crippen molar-refractivity contribution in [2.24, 2.45) is 5.10 Å². The average Bonchev–Trinajstić information content (AvgIpc) is 3.04. The molecule has 0 amide bonds. The van der Waals surface area contributed by atoms with Crippen molar-refractivity contribution < 1.29 is 12.6 Å². The SMILES string of the molecule is O=[SH](=O)OCc1ccc(N2CCC(c3ccc(Cl)cc3)=N2)cc1. The van der Waals surface area contributed by atoms with Crippen molar-refractivity contribution in [3.8, 4) is 0 Å². The predicted molar refractivity (Wildman–Crippen MR) is 91.5 cm³/mol. The molecule has 0 saturated heterocycles. The molecule has 0 fully saturated rings. The van der Waals surface area contributed by atoms with Gasteiger partial charge < -0.3 is 0 Å². The molecule has 1 aliphatic rings. The van der Waals surface area contributed by atoms with E-state index in [0.29, 0.717) is 5.02 Å². The highest BCUT2D eigenvalue weighted by atomic mass is 35.5. The van der Waals surface area contributed by atoms with E-state index in [0.717, 1.165) is 35.5 Å². The summed E-state index contributed by atoms with van der Waals surface area (Å²) in [4.78, 5) is 0. The molecule has 2 aromatic carbocycles. The van der Waals surface area contributed by atoms with Crippen molar-refractivity contribution in [2.45, 2.75) is 13.0 Å². The lowest BCUT2D eigenvalue weighted by Crippen LogP contribution is -2.11. The van der Waals surface area contributed by atoms with Crippen LogP contribution < -0.4 is 5.01 Å². The van der Waals surface area contributed by atoms with Crippen molar-refractivity contribution in [2.75, 3.05) is 11.6 Å². The van der Waals surface area contributed by atoms with Gasteiger partial charge in [0, 0.05) is 18.0 Å². The van der Waals surface area contributed by atoms with Crippen LogP contribution in [0.25, 0.3) is 0 Å². The van der Waals surface area contributed by atoms with E-state index in [-0.39, 0.29) is 6.61 Å². The first-order chi connectivity index (χ1) is 11.1. The Labute approximate surface area is 141 Å². The van der Waals surface area contributed by atoms with Gasteiger partial charge in [-0.2, -0.15) is 5.10 Å². The van der Waals surface area contributed by atoms with E-state index in [1.54, 1.807) is 0 Å². The summed E-state index contributed by atoms with van der Waals surface area (Å²) in [5.74, 6) is 0. The highest BCUT2D eigenvalue weighted by molar-refractivity contribution is 7.67. The number of halogens is 1. The van der Waals surface area contributed by atoms with Crippen molar-refractivity contribution in [3.63, 3.8) is 0 Å². The Morgan fingerprint density at radius 1 is 1.09 bits per heavy atom. The van der Waals surface area contributed by atoms with Crippen LogP contribution in [0.3, 0.4) is 0 Å². The van der Waals surface area contributed by atoms with Crippen molar-refractivity contribution in [1.29, 1.82) is 0 Å². The number of benzene rings is 2. The second kappa shape index (κ2) is 7.12. The quantitative estimate of drug-likeness (QED) is 0.842. The first-order valence-corrected chi connectivity index (χ1v) is 8.56. The maximum absolute atomic E-state index is 10.4. The van der Waals surface area contributed by atoms with E-state index >= 15 is 0 Å². The predicted octanol–water partition coefficient (Wildman–Crippen LogP) is 3.00. The maximum atomic E-state index is 10.4. The molecule has 0 radical (unpaired) electrons. The molecular formula is C16H15ClN2O3S. The van der Waals surface area contributed by atoms with Crippen LogP contribution in [0.1, 0.15) is 17.5 Å². The number of nitrogens with zero attached hydrogens (tertiary/aromatic N) is 2. The second-order valence-corrected chi connectivity index (χ2v) is 6.23. The molecule has 5 nitrogen and oxygen atoms in total. The summed E-state index contributed by atoms with van der Waals surface area (Å²) in [5.41, 5.74) is 3.86. The minimum Gasteiger partial charge on any atom is -0.267 e. The summed E-state index contributed by atoms with van der Waals surface area (Å²) in [7, 11) is -2.82. The van der Waals surface area contributed by atoms with Gasteiger partial charge in [0.05, 0.1) is 18.0 Å². The van der Waals surface area contributed by atoms with Crippen LogP contribution >= 0.6 is 11.6 Å². The zero-order valence-electron chi connectivity index (χ0n) is 12.2. The average molecular weight is 351 g/mol. The van der Waals surface area contributed by atoms with Crippen LogP contribution in [-0.2, 0) is 21.8 Å². The van der Waals surface area contributed by atoms with Crippen LogP contribution in [0, 0.1) is 0 Å². The van der Waals surface area contributed by atoms with Gasteiger partial charge in [-0.3, -0.25) is 9.19 Å². The molecule has 120 valence electrons. The molecule has 23 heavy (non-hydrogen) atoms. The van der Waals surface area contributed by atoms with Gasteiger partial charge in [-0.25, -0.2) is 8.42 Å². The largest absolute Gasteiger partial charge is 0.267 e. The third-order valence-corrected chi connectivity index (χ3v) is 4.14. The van der Waals surface area contributed by atoms with Gasteiger partial charge in [0.25, 0.3) is 11.0 Å². The zero-order valence-corrected chi connectivity index (χ0v) is 13.8. The van der Waals surface area contributed by atoms with Crippen LogP contribution in [0.5, 0.6) is 0 Å². The molecule has 0 spiro atoms. The molecule has 0 aromatic heterocycles. The highest BCUT2D eigenvalue weighted by Gasteiger charge is 2.17. The van der Waals surface area contributed by atoms with Crippen molar-refractivity contribution >= 4 is 34.0 Å². The van der Waals surface area contributed by atoms with Gasteiger partial charge in [0.1, 0.15) is 0 Å². The van der Waals surface area contributed by atoms with E-state index in [2.05, 4.69) is 9.28 Å². The molecular weight excluding hydrogens is 336 g/mol. The number of anilines is 1. The van der Waals surface area contributed by atoms with Crippen LogP contribution in [0.15, 0.2) is 53.6 Å². The Kier molecular flexibility index (Phi) is 4.95. The lowest BCUT2D eigenvalue weighted by atomic mass is 10.1. The highest BCUT2D eigenvalue weighted by Crippen LogP contribution is 2.23. The molecule has 0 aliphatic carbocycles. The lowest BCUT2D eigenvalue weighted by Gasteiger charge is -2.13. The van der Waals surface area contributed by atoms with Gasteiger partial charge in [-0.1, -0.05) is 35.9 Å². The fourth-order valence-corrected chi connectivity index (χ4v) is 2.76. The standard InChI is InChI=1S/C16H15ClN2O3S/c17-14-5-3-13(4-6-14)16-9-10-19(18-16)15-7-1-12(2-8-15)11-22-23(20)21/h1-8,23H,9-11H2. The Hall–Kier alpha value is -1.89. The summed E-state index contributed by atoms with van der Waals surface area (Å²) >= 11 is 5.90. The molecule has 0 unspecified atom stereocenters. The van der Waals surface area contributed by atoms with Gasteiger partial charge in [0.2, 0.25) is 0 Å². The third kappa shape index (κ3) is 4.10. The molecule has 0 saturated carbocycles. The second-order valence-electron chi connectivity index (χ2n) is 5.09. The number of rotatable bonds is 5. The number of hydrogen-bond donors (Lipinski definition) is 1. The summed E-state index contributed by atoms with van der Waals surface area (Å²) in [6, 6.07) is 15.1. The number of thiol groups is 1. The minimum atomic E-state index is -2.82. The summed E-state index contributed by atoms with van der Waals surface area (Å²) in [6.07, 6.45) is 0.864. The molecule has 0 N–H and O–H groups in total. The Morgan fingerprint density at radius 2 is 1.78 bits per heavy atom. The monoisotopic (exact) mass is 350 g/mol. The Bertz CT molecular complexity index is 778. The minimum absolute atomic E-state index is 0.0538. The molecule has 3 rings (SSSR count).